The van der Waals surface area contributed by atoms with Crippen molar-refractivity contribution in [3.63, 3.8) is 0 Å². The van der Waals surface area contributed by atoms with Crippen LogP contribution in [0.15, 0.2) is 146 Å². The highest BCUT2D eigenvalue weighted by Crippen LogP contribution is 2.44. The molecule has 6 aromatic rings. The number of unbranched alkanes of at least 4 members (excludes halogenated alkanes) is 6. The molecule has 21 aliphatic rings. The summed E-state index contributed by atoms with van der Waals surface area (Å²) in [4.78, 5) is 0. The van der Waals surface area contributed by atoms with Gasteiger partial charge in [0.15, 0.2) is 0 Å². The van der Waals surface area contributed by atoms with Crippen LogP contribution in [0.4, 0.5) is 0 Å². The van der Waals surface area contributed by atoms with E-state index >= 15 is 0 Å². The molecule has 80 heavy (non-hydrogen) atoms. The molecule has 0 N–H and O–H groups in total. The number of rotatable bonds is 10. The van der Waals surface area contributed by atoms with Crippen molar-refractivity contribution in [2.24, 2.45) is 10.8 Å². The fourth-order valence-electron chi connectivity index (χ4n) is 14.4. The summed E-state index contributed by atoms with van der Waals surface area (Å²) >= 11 is 0. The van der Waals surface area contributed by atoms with Crippen LogP contribution < -0.4 is 0 Å². The molecule has 27 rings (SSSR count). The Balaban J connectivity index is 1.03. The average Bonchev–Trinajstić information content (AvgIpc) is 3.49. The molecule has 0 unspecified atom stereocenters. The minimum atomic E-state index is 0.461. The fourth-order valence-corrected chi connectivity index (χ4v) is 14.4. The molecule has 430 valence electrons. The highest BCUT2D eigenvalue weighted by Gasteiger charge is 2.30. The second kappa shape index (κ2) is 34.7. The first-order valence-electron chi connectivity index (χ1n) is 33.9. The Morgan fingerprint density at radius 3 is 0.525 bits per heavy atom. The van der Waals surface area contributed by atoms with Crippen molar-refractivity contribution in [3.8, 4) is 0 Å². The summed E-state index contributed by atoms with van der Waals surface area (Å²) in [7, 11) is 0. The molecule has 0 amide bonds. The predicted molar refractivity (Wildman–Crippen MR) is 349 cm³/mol. The van der Waals surface area contributed by atoms with Gasteiger partial charge in [-0.3, -0.25) is 0 Å². The minimum Gasteiger partial charge on any atom is -0.0654 e. The van der Waals surface area contributed by atoms with E-state index in [1.54, 1.807) is 0 Å². The lowest BCUT2D eigenvalue weighted by atomic mass is 9.70. The molecule has 21 aliphatic carbocycles. The summed E-state index contributed by atoms with van der Waals surface area (Å²) in [5.41, 5.74) is 19.0. The first-order chi connectivity index (χ1) is 39.4. The zero-order valence-electron chi connectivity index (χ0n) is 51.1. The Morgan fingerprint density at radius 1 is 0.200 bits per heavy atom. The molecule has 0 nitrogen and oxygen atoms in total. The van der Waals surface area contributed by atoms with Crippen LogP contribution in [-0.2, 0) is 77.0 Å². The van der Waals surface area contributed by atoms with Gasteiger partial charge in [-0.15, -0.1) is 0 Å². The van der Waals surface area contributed by atoms with Crippen molar-refractivity contribution in [1.29, 1.82) is 0 Å². The highest BCUT2D eigenvalue weighted by atomic mass is 14.4. The predicted octanol–water partition coefficient (Wildman–Crippen LogP) is 22.7. The van der Waals surface area contributed by atoms with Crippen molar-refractivity contribution >= 4 is 0 Å². The lowest BCUT2D eigenvalue weighted by Gasteiger charge is -2.35. The van der Waals surface area contributed by atoms with E-state index < -0.39 is 0 Å². The molecule has 0 aliphatic heterocycles. The van der Waals surface area contributed by atoms with Crippen LogP contribution in [0.5, 0.6) is 0 Å². The van der Waals surface area contributed by atoms with Gasteiger partial charge in [0.25, 0.3) is 0 Å². The Morgan fingerprint density at radius 2 is 0.362 bits per heavy atom. The molecule has 0 spiro atoms. The van der Waals surface area contributed by atoms with Gasteiger partial charge in [0, 0.05) is 0 Å². The van der Waals surface area contributed by atoms with Crippen molar-refractivity contribution in [3.05, 3.63) is 212 Å². The van der Waals surface area contributed by atoms with Crippen molar-refractivity contribution in [2.45, 2.75) is 271 Å². The minimum absolute atomic E-state index is 0.461. The maximum absolute atomic E-state index is 2.46. The molecule has 0 atom stereocenters. The van der Waals surface area contributed by atoms with Crippen LogP contribution >= 0.6 is 0 Å². The van der Waals surface area contributed by atoms with E-state index in [4.69, 9.17) is 0 Å². The number of benzene rings is 6. The van der Waals surface area contributed by atoms with Crippen LogP contribution in [0.25, 0.3) is 0 Å². The van der Waals surface area contributed by atoms with Crippen molar-refractivity contribution in [1.82, 2.24) is 0 Å². The summed E-state index contributed by atoms with van der Waals surface area (Å²) < 4.78 is 0. The molecular weight excluding hydrogens is 961 g/mol. The molecule has 0 saturated heterocycles. The first kappa shape index (κ1) is 61.4. The molecule has 0 saturated carbocycles. The second-order valence-corrected chi connectivity index (χ2v) is 26.3. The van der Waals surface area contributed by atoms with E-state index in [0.29, 0.717) is 10.8 Å². The third-order valence-corrected chi connectivity index (χ3v) is 19.9. The summed E-state index contributed by atoms with van der Waals surface area (Å²) in [5.74, 6) is 0. The molecular formula is C80H110. The molecule has 0 heterocycles. The monoisotopic (exact) mass is 1070 g/mol. The molecule has 0 heteroatoms. The average molecular weight is 1070 g/mol. The van der Waals surface area contributed by atoms with Gasteiger partial charge in [0.1, 0.15) is 0 Å². The van der Waals surface area contributed by atoms with E-state index in [-0.39, 0.29) is 0 Å². The quantitative estimate of drug-likeness (QED) is 0.120. The van der Waals surface area contributed by atoms with E-state index in [0.717, 1.165) is 38.5 Å². The number of aryl methyl sites for hydroxylation is 12. The number of hydrogen-bond donors (Lipinski definition) is 0. The smallest absolute Gasteiger partial charge is 0.0238 e. The van der Waals surface area contributed by atoms with Crippen molar-refractivity contribution in [2.75, 3.05) is 0 Å². The van der Waals surface area contributed by atoms with Gasteiger partial charge in [-0.05, 0) is 245 Å². The van der Waals surface area contributed by atoms with Crippen LogP contribution in [0.2, 0.25) is 0 Å². The SMILES string of the molecule is CCCCCCC12CCCCc3ccc(cc3)CCc3ccc(cc3)CCCCC(CCCCCC)(CCCCc3ccc(cc3)CCc3ccc(cc3)CCCC1)CCCCc1ccc(cc1)CCc1ccc(cc1)CCCC2. The van der Waals surface area contributed by atoms with E-state index in [2.05, 4.69) is 159 Å². The molecule has 0 aromatic heterocycles. The van der Waals surface area contributed by atoms with Gasteiger partial charge in [-0.1, -0.05) is 249 Å². The number of hydrogen-bond acceptors (Lipinski definition) is 0. The summed E-state index contributed by atoms with van der Waals surface area (Å²) in [6.07, 6.45) is 52.0. The van der Waals surface area contributed by atoms with Crippen molar-refractivity contribution < 1.29 is 0 Å². The molecule has 6 aromatic carbocycles. The lowest BCUT2D eigenvalue weighted by molar-refractivity contribution is 0.173. The van der Waals surface area contributed by atoms with E-state index in [9.17, 15) is 0 Å². The topological polar surface area (TPSA) is 0 Å². The summed E-state index contributed by atoms with van der Waals surface area (Å²) in [6, 6.07) is 58.7. The van der Waals surface area contributed by atoms with E-state index in [1.165, 1.54) is 285 Å². The summed E-state index contributed by atoms with van der Waals surface area (Å²) in [6.45, 7) is 4.75. The maximum atomic E-state index is 2.46. The van der Waals surface area contributed by atoms with Crippen LogP contribution in [0, 0.1) is 10.8 Å². The maximum Gasteiger partial charge on any atom is -0.0238 e. The standard InChI is InChI=1S/C80H110/c1-3-5-7-15-59-79-61-17-9-23-67-29-41-73(42-30-67)53-56-76-47-35-70(36-48-76)26-12-20-64-80(60-16-8-6-4-2,65-21-13-27-71-37-49-77(50-38-71)57-54-74-43-31-68(32-44-74)24-10-18-62-79)66-22-14-28-72-39-51-78(52-40-72)58-55-75-45-33-69(34-46-75)25-11-19-63-79/h29-52H,3-28,53-66H2,1-2H3. The largest absolute Gasteiger partial charge is 0.0654 e. The van der Waals surface area contributed by atoms with E-state index in [1.807, 2.05) is 0 Å². The first-order valence-corrected chi connectivity index (χ1v) is 33.9. The van der Waals surface area contributed by atoms with Gasteiger partial charge in [0.2, 0.25) is 0 Å². The lowest BCUT2D eigenvalue weighted by Crippen LogP contribution is -2.22. The van der Waals surface area contributed by atoms with Crippen LogP contribution in [0.3, 0.4) is 0 Å². The Labute approximate surface area is 491 Å². The summed E-state index contributed by atoms with van der Waals surface area (Å²) in [5, 5.41) is 0. The van der Waals surface area contributed by atoms with Gasteiger partial charge < -0.3 is 0 Å². The van der Waals surface area contributed by atoms with Crippen LogP contribution in [0.1, 0.15) is 260 Å². The fraction of sp³-hybridized carbons (Fsp3) is 0.550. The molecule has 0 fully saturated rings. The Kier molecular flexibility index (Phi) is 26.6. The zero-order chi connectivity index (χ0) is 55.2. The van der Waals surface area contributed by atoms with Gasteiger partial charge in [0.05, 0.1) is 0 Å². The Bertz CT molecular complexity index is 2090. The Hall–Kier alpha value is -4.68. The van der Waals surface area contributed by atoms with Gasteiger partial charge in [-0.25, -0.2) is 0 Å². The van der Waals surface area contributed by atoms with Gasteiger partial charge in [-0.2, -0.15) is 0 Å². The second-order valence-electron chi connectivity index (χ2n) is 26.3. The molecule has 14 bridgehead atoms. The molecule has 0 radical (unpaired) electrons. The normalized spacial score (nSPS) is 20.5. The third kappa shape index (κ3) is 21.9. The zero-order valence-corrected chi connectivity index (χ0v) is 51.1. The van der Waals surface area contributed by atoms with Gasteiger partial charge >= 0.3 is 0 Å². The third-order valence-electron chi connectivity index (χ3n) is 19.9. The highest BCUT2D eigenvalue weighted by molar-refractivity contribution is 5.30. The van der Waals surface area contributed by atoms with Crippen LogP contribution in [-0.4, -0.2) is 0 Å².